The van der Waals surface area contributed by atoms with Crippen LogP contribution >= 0.6 is 11.3 Å². The number of aromatic carboxylic acids is 1. The van der Waals surface area contributed by atoms with Gasteiger partial charge in [0, 0.05) is 6.20 Å². The molecule has 8 nitrogen and oxygen atoms in total. The van der Waals surface area contributed by atoms with Crippen molar-refractivity contribution in [2.24, 2.45) is 5.14 Å². The minimum atomic E-state index is -3.87. The van der Waals surface area contributed by atoms with E-state index in [4.69, 9.17) is 10.2 Å². The summed E-state index contributed by atoms with van der Waals surface area (Å²) in [6, 6.07) is 1.27. The predicted octanol–water partition coefficient (Wildman–Crippen LogP) is 0.936. The van der Waals surface area contributed by atoms with Crippen molar-refractivity contribution in [3.63, 3.8) is 0 Å². The van der Waals surface area contributed by atoms with Crippen molar-refractivity contribution in [1.82, 2.24) is 9.97 Å². The topological polar surface area (TPSA) is 135 Å². The van der Waals surface area contributed by atoms with Crippen LogP contribution in [0, 0.1) is 6.92 Å². The van der Waals surface area contributed by atoms with Gasteiger partial charge in [-0.3, -0.25) is 4.98 Å². The Balaban J connectivity index is 2.38. The van der Waals surface area contributed by atoms with E-state index in [0.717, 1.165) is 17.5 Å². The third-order valence-corrected chi connectivity index (χ3v) is 4.00. The van der Waals surface area contributed by atoms with Gasteiger partial charge in [0.05, 0.1) is 16.9 Å². The van der Waals surface area contributed by atoms with Gasteiger partial charge in [-0.15, -0.1) is 11.3 Å². The number of carboxylic acids is 1. The molecule has 0 aliphatic heterocycles. The quantitative estimate of drug-likeness (QED) is 0.764. The van der Waals surface area contributed by atoms with Crippen molar-refractivity contribution in [3.05, 3.63) is 29.2 Å². The third-order valence-electron chi connectivity index (χ3n) is 2.24. The maximum absolute atomic E-state index is 11.2. The number of pyridine rings is 1. The number of sulfonamides is 1. The largest absolute Gasteiger partial charge is 0.476 e. The van der Waals surface area contributed by atoms with E-state index in [1.54, 1.807) is 6.92 Å². The van der Waals surface area contributed by atoms with Gasteiger partial charge in [0.1, 0.15) is 9.90 Å². The van der Waals surface area contributed by atoms with E-state index in [0.29, 0.717) is 15.7 Å². The first-order valence-electron chi connectivity index (χ1n) is 5.23. The maximum atomic E-state index is 11.2. The first-order chi connectivity index (χ1) is 9.27. The molecule has 0 unspecified atom stereocenters. The van der Waals surface area contributed by atoms with Gasteiger partial charge in [0.15, 0.2) is 5.69 Å². The molecule has 0 fully saturated rings. The minimum absolute atomic E-state index is 0.131. The second-order valence-corrected chi connectivity index (χ2v) is 6.56. The Bertz CT molecular complexity index is 769. The van der Waals surface area contributed by atoms with Gasteiger partial charge in [-0.2, -0.15) is 0 Å². The van der Waals surface area contributed by atoms with Crippen molar-refractivity contribution in [3.8, 4) is 0 Å². The van der Waals surface area contributed by atoms with E-state index >= 15 is 0 Å². The SMILES string of the molecule is Cc1nc(C(=O)O)c(Nc2cncc(S(N)(=O)=O)c2)s1. The number of thiazole rings is 1. The molecule has 2 heterocycles. The normalized spacial score (nSPS) is 11.3. The number of carboxylic acid groups (broad SMARTS) is 1. The van der Waals surface area contributed by atoms with Crippen LogP contribution in [0.25, 0.3) is 0 Å². The number of anilines is 2. The summed E-state index contributed by atoms with van der Waals surface area (Å²) in [6.07, 6.45) is 2.46. The Morgan fingerprint density at radius 1 is 1.45 bits per heavy atom. The molecule has 2 aromatic heterocycles. The molecular formula is C10H10N4O4S2. The van der Waals surface area contributed by atoms with Crippen molar-refractivity contribution in [1.29, 1.82) is 0 Å². The summed E-state index contributed by atoms with van der Waals surface area (Å²) >= 11 is 1.14. The van der Waals surface area contributed by atoms with Gasteiger partial charge in [-0.25, -0.2) is 23.3 Å². The third kappa shape index (κ3) is 3.10. The Morgan fingerprint density at radius 3 is 2.75 bits per heavy atom. The number of nitrogens with zero attached hydrogens (tertiary/aromatic N) is 2. The second kappa shape index (κ2) is 5.15. The number of rotatable bonds is 4. The number of aryl methyl sites for hydroxylation is 1. The molecule has 0 saturated heterocycles. The molecule has 10 heteroatoms. The molecule has 0 saturated carbocycles. The summed E-state index contributed by atoms with van der Waals surface area (Å²) in [7, 11) is -3.87. The highest BCUT2D eigenvalue weighted by molar-refractivity contribution is 7.89. The number of hydrogen-bond donors (Lipinski definition) is 3. The zero-order valence-electron chi connectivity index (χ0n) is 10.2. The Morgan fingerprint density at radius 2 is 2.15 bits per heavy atom. The summed E-state index contributed by atoms with van der Waals surface area (Å²) in [4.78, 5) is 18.5. The van der Waals surface area contributed by atoms with Crippen LogP contribution in [0.4, 0.5) is 10.7 Å². The summed E-state index contributed by atoms with van der Waals surface area (Å²) in [5.74, 6) is -1.17. The van der Waals surface area contributed by atoms with Gasteiger partial charge in [-0.05, 0) is 13.0 Å². The van der Waals surface area contributed by atoms with Crippen LogP contribution in [0.1, 0.15) is 15.5 Å². The maximum Gasteiger partial charge on any atom is 0.357 e. The fourth-order valence-electron chi connectivity index (χ4n) is 1.43. The number of hydrogen-bond acceptors (Lipinski definition) is 7. The Labute approximate surface area is 118 Å². The Kier molecular flexibility index (Phi) is 3.70. The van der Waals surface area contributed by atoms with Gasteiger partial charge >= 0.3 is 5.97 Å². The zero-order chi connectivity index (χ0) is 14.9. The molecule has 2 aromatic rings. The number of carbonyl (C=O) groups is 1. The number of nitrogens with two attached hydrogens (primary N) is 1. The lowest BCUT2D eigenvalue weighted by Gasteiger charge is -2.05. The molecule has 0 bridgehead atoms. The van der Waals surface area contributed by atoms with Crippen LogP contribution in [0.15, 0.2) is 23.4 Å². The van der Waals surface area contributed by atoms with Gasteiger partial charge in [0.25, 0.3) is 0 Å². The van der Waals surface area contributed by atoms with Crippen LogP contribution in [0.3, 0.4) is 0 Å². The zero-order valence-corrected chi connectivity index (χ0v) is 11.8. The minimum Gasteiger partial charge on any atom is -0.476 e. The number of aromatic nitrogens is 2. The molecule has 4 N–H and O–H groups in total. The van der Waals surface area contributed by atoms with Crippen molar-refractivity contribution in [2.45, 2.75) is 11.8 Å². The molecule has 0 aromatic carbocycles. The van der Waals surface area contributed by atoms with Crippen molar-refractivity contribution < 1.29 is 18.3 Å². The monoisotopic (exact) mass is 314 g/mol. The van der Waals surface area contributed by atoms with E-state index < -0.39 is 16.0 Å². The highest BCUT2D eigenvalue weighted by Gasteiger charge is 2.17. The van der Waals surface area contributed by atoms with Crippen molar-refractivity contribution >= 4 is 38.0 Å². The number of nitrogens with one attached hydrogen (secondary N) is 1. The highest BCUT2D eigenvalue weighted by Crippen LogP contribution is 2.28. The van der Waals surface area contributed by atoms with Gasteiger partial charge < -0.3 is 10.4 Å². The summed E-state index contributed by atoms with van der Waals surface area (Å²) < 4.78 is 22.4. The molecule has 2 rings (SSSR count). The molecule has 106 valence electrons. The fraction of sp³-hybridized carbons (Fsp3) is 0.100. The molecule has 0 spiro atoms. The summed E-state index contributed by atoms with van der Waals surface area (Å²) in [5.41, 5.74) is 0.177. The highest BCUT2D eigenvalue weighted by atomic mass is 32.2. The van der Waals surface area contributed by atoms with Crippen LogP contribution in [0.5, 0.6) is 0 Å². The first-order valence-corrected chi connectivity index (χ1v) is 7.59. The standard InChI is InChI=1S/C10H10N4O4S2/c1-5-13-8(10(15)16)9(19-5)14-6-2-7(4-12-3-6)20(11,17)18/h2-4,14H,1H3,(H,15,16)(H2,11,17,18). The Hall–Kier alpha value is -2.04. The molecule has 0 aliphatic carbocycles. The summed E-state index contributed by atoms with van der Waals surface area (Å²) in [6.45, 7) is 1.67. The van der Waals surface area contributed by atoms with Crippen LogP contribution in [-0.2, 0) is 10.0 Å². The molecule has 0 aliphatic rings. The van der Waals surface area contributed by atoms with Crippen LogP contribution in [0.2, 0.25) is 0 Å². The van der Waals surface area contributed by atoms with Gasteiger partial charge in [0.2, 0.25) is 10.0 Å². The first kappa shape index (κ1) is 14.4. The lowest BCUT2D eigenvalue weighted by atomic mass is 10.4. The smallest absolute Gasteiger partial charge is 0.357 e. The number of primary sulfonamides is 1. The molecule has 0 amide bonds. The van der Waals surface area contributed by atoms with Crippen molar-refractivity contribution in [2.75, 3.05) is 5.32 Å². The molecule has 20 heavy (non-hydrogen) atoms. The second-order valence-electron chi connectivity index (χ2n) is 3.80. The average Bonchev–Trinajstić information content (AvgIpc) is 2.69. The van der Waals surface area contributed by atoms with Crippen LogP contribution in [-0.4, -0.2) is 29.5 Å². The average molecular weight is 314 g/mol. The van der Waals surface area contributed by atoms with E-state index in [-0.39, 0.29) is 10.6 Å². The van der Waals surface area contributed by atoms with E-state index in [2.05, 4.69) is 15.3 Å². The molecular weight excluding hydrogens is 304 g/mol. The summed E-state index contributed by atoms with van der Waals surface area (Å²) in [5, 5.41) is 17.7. The van der Waals surface area contributed by atoms with E-state index in [1.165, 1.54) is 12.3 Å². The fourth-order valence-corrected chi connectivity index (χ4v) is 2.76. The predicted molar refractivity (Wildman–Crippen MR) is 72.7 cm³/mol. The van der Waals surface area contributed by atoms with E-state index in [9.17, 15) is 13.2 Å². The van der Waals surface area contributed by atoms with E-state index in [1.807, 2.05) is 0 Å². The molecule has 0 radical (unpaired) electrons. The lowest BCUT2D eigenvalue weighted by Crippen LogP contribution is -2.12. The van der Waals surface area contributed by atoms with Gasteiger partial charge in [-0.1, -0.05) is 0 Å². The lowest BCUT2D eigenvalue weighted by molar-refractivity contribution is 0.0692. The molecule has 0 atom stereocenters. The van der Waals surface area contributed by atoms with Crippen LogP contribution < -0.4 is 10.5 Å².